The van der Waals surface area contributed by atoms with Crippen molar-refractivity contribution in [2.75, 3.05) is 11.4 Å². The molecule has 2 amide bonds. The van der Waals surface area contributed by atoms with Crippen LogP contribution in [0.2, 0.25) is 0 Å². The SMILES string of the molecule is CCC1C(=O)NC(=O)CN1c1cnc(C(=O)O)cn1. The predicted molar refractivity (Wildman–Crippen MR) is 63.6 cm³/mol. The summed E-state index contributed by atoms with van der Waals surface area (Å²) in [6.07, 6.45) is 2.85. The number of carbonyl (C=O) groups excluding carboxylic acids is 2. The number of carboxylic acid groups (broad SMARTS) is 1. The van der Waals surface area contributed by atoms with Crippen molar-refractivity contribution in [1.82, 2.24) is 15.3 Å². The van der Waals surface area contributed by atoms with E-state index in [-0.39, 0.29) is 18.1 Å². The molecule has 1 aromatic heterocycles. The topological polar surface area (TPSA) is 112 Å². The van der Waals surface area contributed by atoms with Crippen LogP contribution in [0.25, 0.3) is 0 Å². The third-order valence-corrected chi connectivity index (χ3v) is 2.79. The fourth-order valence-electron chi connectivity index (χ4n) is 1.89. The van der Waals surface area contributed by atoms with Crippen LogP contribution in [0, 0.1) is 0 Å². The van der Waals surface area contributed by atoms with Crippen LogP contribution >= 0.6 is 0 Å². The Morgan fingerprint density at radius 3 is 2.74 bits per heavy atom. The van der Waals surface area contributed by atoms with Gasteiger partial charge in [0.1, 0.15) is 11.9 Å². The molecule has 1 aromatic rings. The Morgan fingerprint density at radius 2 is 2.21 bits per heavy atom. The number of nitrogens with one attached hydrogen (secondary N) is 1. The minimum Gasteiger partial charge on any atom is -0.476 e. The number of carboxylic acids is 1. The van der Waals surface area contributed by atoms with E-state index in [2.05, 4.69) is 15.3 Å². The second kappa shape index (κ2) is 5.01. The molecule has 2 N–H and O–H groups in total. The molecule has 1 atom stereocenters. The van der Waals surface area contributed by atoms with Gasteiger partial charge in [0.15, 0.2) is 5.69 Å². The van der Waals surface area contributed by atoms with Crippen molar-refractivity contribution in [3.63, 3.8) is 0 Å². The summed E-state index contributed by atoms with van der Waals surface area (Å²) in [5.41, 5.74) is -0.190. The van der Waals surface area contributed by atoms with E-state index in [0.29, 0.717) is 12.2 Å². The number of rotatable bonds is 3. The number of nitrogens with zero attached hydrogens (tertiary/aromatic N) is 3. The smallest absolute Gasteiger partial charge is 0.356 e. The van der Waals surface area contributed by atoms with E-state index in [9.17, 15) is 14.4 Å². The number of hydrogen-bond acceptors (Lipinski definition) is 6. The van der Waals surface area contributed by atoms with Gasteiger partial charge in [-0.1, -0.05) is 6.92 Å². The van der Waals surface area contributed by atoms with Crippen molar-refractivity contribution in [2.24, 2.45) is 0 Å². The highest BCUT2D eigenvalue weighted by Crippen LogP contribution is 2.17. The third-order valence-electron chi connectivity index (χ3n) is 2.79. The van der Waals surface area contributed by atoms with E-state index in [0.717, 1.165) is 6.20 Å². The maximum absolute atomic E-state index is 11.7. The standard InChI is InChI=1S/C11H12N4O4/c1-2-7-10(17)14-9(16)5-15(7)8-4-12-6(3-13-8)11(18)19/h3-4,7H,2,5H2,1H3,(H,18,19)(H,14,16,17). The summed E-state index contributed by atoms with van der Waals surface area (Å²) >= 11 is 0. The molecule has 100 valence electrons. The summed E-state index contributed by atoms with van der Waals surface area (Å²) in [4.78, 5) is 42.9. The predicted octanol–water partition coefficient (Wildman–Crippen LogP) is -0.584. The monoisotopic (exact) mass is 264 g/mol. The molecule has 1 unspecified atom stereocenters. The lowest BCUT2D eigenvalue weighted by Crippen LogP contribution is -2.58. The molecule has 2 heterocycles. The highest BCUT2D eigenvalue weighted by molar-refractivity contribution is 6.04. The molecule has 8 nitrogen and oxygen atoms in total. The van der Waals surface area contributed by atoms with Crippen molar-refractivity contribution in [1.29, 1.82) is 0 Å². The minimum absolute atomic E-state index is 0.00859. The first-order valence-electron chi connectivity index (χ1n) is 5.68. The summed E-state index contributed by atoms with van der Waals surface area (Å²) < 4.78 is 0. The summed E-state index contributed by atoms with van der Waals surface area (Å²) in [5, 5.41) is 11.0. The van der Waals surface area contributed by atoms with Gasteiger partial charge in [-0.15, -0.1) is 0 Å². The summed E-state index contributed by atoms with van der Waals surface area (Å²) in [5.74, 6) is -1.68. The van der Waals surface area contributed by atoms with Gasteiger partial charge in [-0.05, 0) is 6.42 Å². The molecular formula is C11H12N4O4. The normalized spacial score (nSPS) is 19.2. The highest BCUT2D eigenvalue weighted by Gasteiger charge is 2.33. The first-order chi connectivity index (χ1) is 9.02. The molecule has 0 radical (unpaired) electrons. The molecular weight excluding hydrogens is 252 g/mol. The molecule has 1 saturated heterocycles. The lowest BCUT2D eigenvalue weighted by atomic mass is 10.1. The van der Waals surface area contributed by atoms with Crippen molar-refractivity contribution >= 4 is 23.6 Å². The van der Waals surface area contributed by atoms with Gasteiger partial charge < -0.3 is 10.0 Å². The van der Waals surface area contributed by atoms with Gasteiger partial charge in [0, 0.05) is 0 Å². The number of carbonyl (C=O) groups is 3. The Hall–Kier alpha value is -2.51. The van der Waals surface area contributed by atoms with Gasteiger partial charge in [0.05, 0.1) is 18.9 Å². The van der Waals surface area contributed by atoms with Gasteiger partial charge in [-0.25, -0.2) is 14.8 Å². The molecule has 19 heavy (non-hydrogen) atoms. The van der Waals surface area contributed by atoms with Crippen molar-refractivity contribution in [2.45, 2.75) is 19.4 Å². The zero-order chi connectivity index (χ0) is 14.0. The van der Waals surface area contributed by atoms with E-state index >= 15 is 0 Å². The van der Waals surface area contributed by atoms with Crippen LogP contribution in [-0.2, 0) is 9.59 Å². The number of hydrogen-bond donors (Lipinski definition) is 2. The average molecular weight is 264 g/mol. The maximum atomic E-state index is 11.7. The Morgan fingerprint density at radius 1 is 1.47 bits per heavy atom. The van der Waals surface area contributed by atoms with Gasteiger partial charge in [0.25, 0.3) is 0 Å². The van der Waals surface area contributed by atoms with Gasteiger partial charge >= 0.3 is 5.97 Å². The molecule has 0 spiro atoms. The quantitative estimate of drug-likeness (QED) is 0.702. The van der Waals surface area contributed by atoms with E-state index in [1.807, 2.05) is 6.92 Å². The van der Waals surface area contributed by atoms with Crippen LogP contribution in [0.15, 0.2) is 12.4 Å². The Balaban J connectivity index is 2.29. The molecule has 2 rings (SSSR count). The Labute approximate surface area is 108 Å². The van der Waals surface area contributed by atoms with Gasteiger partial charge in [-0.2, -0.15) is 0 Å². The average Bonchev–Trinajstić information content (AvgIpc) is 2.38. The molecule has 0 aromatic carbocycles. The Bertz CT molecular complexity index is 528. The number of aromatic nitrogens is 2. The van der Waals surface area contributed by atoms with Crippen LogP contribution in [0.3, 0.4) is 0 Å². The second-order valence-electron chi connectivity index (χ2n) is 4.03. The first-order valence-corrected chi connectivity index (χ1v) is 5.68. The summed E-state index contributed by atoms with van der Waals surface area (Å²) in [7, 11) is 0. The molecule has 1 aliphatic rings. The number of anilines is 1. The Kier molecular flexibility index (Phi) is 3.41. The van der Waals surface area contributed by atoms with E-state index in [1.165, 1.54) is 11.1 Å². The lowest BCUT2D eigenvalue weighted by molar-refractivity contribution is -0.132. The van der Waals surface area contributed by atoms with E-state index in [4.69, 9.17) is 5.11 Å². The van der Waals surface area contributed by atoms with Crippen LogP contribution in [-0.4, -0.2) is 45.4 Å². The second-order valence-corrected chi connectivity index (χ2v) is 4.03. The molecule has 0 saturated carbocycles. The molecule has 1 aliphatic heterocycles. The largest absolute Gasteiger partial charge is 0.476 e. The van der Waals surface area contributed by atoms with E-state index < -0.39 is 17.9 Å². The highest BCUT2D eigenvalue weighted by atomic mass is 16.4. The van der Waals surface area contributed by atoms with Crippen molar-refractivity contribution < 1.29 is 19.5 Å². The zero-order valence-corrected chi connectivity index (χ0v) is 10.2. The molecule has 0 bridgehead atoms. The van der Waals surface area contributed by atoms with Crippen molar-refractivity contribution in [3.8, 4) is 0 Å². The number of piperazine rings is 1. The molecule has 8 heteroatoms. The zero-order valence-electron chi connectivity index (χ0n) is 10.2. The number of aromatic carboxylic acids is 1. The van der Waals surface area contributed by atoms with E-state index in [1.54, 1.807) is 0 Å². The van der Waals surface area contributed by atoms with Gasteiger partial charge in [0.2, 0.25) is 11.8 Å². The first kappa shape index (κ1) is 12.9. The number of amides is 2. The van der Waals surface area contributed by atoms with Crippen LogP contribution in [0.1, 0.15) is 23.8 Å². The van der Waals surface area contributed by atoms with Crippen LogP contribution < -0.4 is 10.2 Å². The minimum atomic E-state index is -1.18. The fraction of sp³-hybridized carbons (Fsp3) is 0.364. The van der Waals surface area contributed by atoms with Crippen molar-refractivity contribution in [3.05, 3.63) is 18.1 Å². The lowest BCUT2D eigenvalue weighted by Gasteiger charge is -2.33. The number of imide groups is 1. The molecule has 0 aliphatic carbocycles. The van der Waals surface area contributed by atoms with Gasteiger partial charge in [-0.3, -0.25) is 14.9 Å². The molecule has 1 fully saturated rings. The van der Waals surface area contributed by atoms with Crippen LogP contribution in [0.4, 0.5) is 5.82 Å². The summed E-state index contributed by atoms with van der Waals surface area (Å²) in [6.45, 7) is 1.80. The maximum Gasteiger partial charge on any atom is 0.356 e. The van der Waals surface area contributed by atoms with Crippen LogP contribution in [0.5, 0.6) is 0 Å². The summed E-state index contributed by atoms with van der Waals surface area (Å²) in [6, 6.07) is -0.511. The fourth-order valence-corrected chi connectivity index (χ4v) is 1.89. The third kappa shape index (κ3) is 2.51.